The number of halogens is 2. The summed E-state index contributed by atoms with van der Waals surface area (Å²) in [5.41, 5.74) is 1.07. The molecule has 2 nitrogen and oxygen atoms in total. The maximum atomic E-state index is 5.70. The summed E-state index contributed by atoms with van der Waals surface area (Å²) in [5, 5.41) is 0. The zero-order chi connectivity index (χ0) is 11.5. The van der Waals surface area contributed by atoms with Gasteiger partial charge in [0.05, 0.1) is 0 Å². The lowest BCUT2D eigenvalue weighted by Gasteiger charge is -2.08. The van der Waals surface area contributed by atoms with Crippen molar-refractivity contribution in [3.8, 4) is 11.6 Å². The first-order valence-corrected chi connectivity index (χ1v) is 6.30. The van der Waals surface area contributed by atoms with Gasteiger partial charge in [-0.15, -0.1) is 0 Å². The number of ether oxygens (including phenoxy) is 1. The maximum Gasteiger partial charge on any atom is 0.220 e. The molecule has 4 heteroatoms. The van der Waals surface area contributed by atoms with Gasteiger partial charge in [-0.25, -0.2) is 4.98 Å². The largest absolute Gasteiger partial charge is 0.439 e. The van der Waals surface area contributed by atoms with Crippen molar-refractivity contribution in [2.75, 3.05) is 0 Å². The average Bonchev–Trinajstić information content (AvgIpc) is 2.24. The number of benzene rings is 1. The molecule has 1 aromatic heterocycles. The SMILES string of the molecule is Cc1ccc(Br)cc1Oc1cccc(Br)n1. The van der Waals surface area contributed by atoms with Crippen LogP contribution in [0.5, 0.6) is 11.6 Å². The summed E-state index contributed by atoms with van der Waals surface area (Å²) in [4.78, 5) is 4.22. The van der Waals surface area contributed by atoms with E-state index in [1.165, 1.54) is 0 Å². The molecule has 0 aliphatic rings. The van der Waals surface area contributed by atoms with E-state index in [-0.39, 0.29) is 0 Å². The van der Waals surface area contributed by atoms with E-state index in [4.69, 9.17) is 4.74 Å². The molecule has 1 aromatic carbocycles. The standard InChI is InChI=1S/C12H9Br2NO/c1-8-5-6-9(13)7-10(8)16-12-4-2-3-11(14)15-12/h2-7H,1H3. The zero-order valence-corrected chi connectivity index (χ0v) is 11.7. The van der Waals surface area contributed by atoms with Gasteiger partial charge in [0.25, 0.3) is 0 Å². The number of rotatable bonds is 2. The van der Waals surface area contributed by atoms with Gasteiger partial charge in [0.2, 0.25) is 5.88 Å². The van der Waals surface area contributed by atoms with E-state index in [0.29, 0.717) is 5.88 Å². The van der Waals surface area contributed by atoms with Crippen LogP contribution in [0.3, 0.4) is 0 Å². The van der Waals surface area contributed by atoms with Crippen LogP contribution < -0.4 is 4.74 Å². The lowest BCUT2D eigenvalue weighted by atomic mass is 10.2. The van der Waals surface area contributed by atoms with Crippen molar-refractivity contribution in [2.45, 2.75) is 6.92 Å². The Balaban J connectivity index is 2.30. The summed E-state index contributed by atoms with van der Waals surface area (Å²) >= 11 is 6.72. The van der Waals surface area contributed by atoms with Crippen molar-refractivity contribution < 1.29 is 4.74 Å². The molecule has 0 fully saturated rings. The summed E-state index contributed by atoms with van der Waals surface area (Å²) in [6, 6.07) is 11.5. The summed E-state index contributed by atoms with van der Waals surface area (Å²) < 4.78 is 7.45. The minimum Gasteiger partial charge on any atom is -0.439 e. The quantitative estimate of drug-likeness (QED) is 0.737. The number of pyridine rings is 1. The molecule has 0 N–H and O–H groups in total. The monoisotopic (exact) mass is 341 g/mol. The molecule has 2 aromatic rings. The van der Waals surface area contributed by atoms with Crippen LogP contribution in [-0.4, -0.2) is 4.98 Å². The van der Waals surface area contributed by atoms with Crippen LogP contribution in [0.4, 0.5) is 0 Å². The molecule has 16 heavy (non-hydrogen) atoms. The molecule has 0 saturated heterocycles. The second-order valence-electron chi connectivity index (χ2n) is 3.31. The van der Waals surface area contributed by atoms with Crippen molar-refractivity contribution in [1.82, 2.24) is 4.98 Å². The smallest absolute Gasteiger partial charge is 0.220 e. The van der Waals surface area contributed by atoms with Gasteiger partial charge in [-0.2, -0.15) is 0 Å². The summed E-state index contributed by atoms with van der Waals surface area (Å²) in [5.74, 6) is 1.38. The van der Waals surface area contributed by atoms with Crippen LogP contribution in [0.2, 0.25) is 0 Å². The summed E-state index contributed by atoms with van der Waals surface area (Å²) in [6.45, 7) is 2.00. The molecule has 0 spiro atoms. The van der Waals surface area contributed by atoms with Crippen molar-refractivity contribution in [1.29, 1.82) is 0 Å². The fourth-order valence-electron chi connectivity index (χ4n) is 1.24. The first-order chi connectivity index (χ1) is 7.65. The van der Waals surface area contributed by atoms with E-state index in [2.05, 4.69) is 36.8 Å². The number of hydrogen-bond acceptors (Lipinski definition) is 2. The molecule has 1 heterocycles. The van der Waals surface area contributed by atoms with E-state index >= 15 is 0 Å². The van der Waals surface area contributed by atoms with Crippen LogP contribution in [0.25, 0.3) is 0 Å². The van der Waals surface area contributed by atoms with Gasteiger partial charge in [-0.05, 0) is 46.6 Å². The van der Waals surface area contributed by atoms with Gasteiger partial charge in [-0.1, -0.05) is 28.1 Å². The van der Waals surface area contributed by atoms with E-state index < -0.39 is 0 Å². The van der Waals surface area contributed by atoms with Crippen LogP contribution in [0, 0.1) is 6.92 Å². The Morgan fingerprint density at radius 1 is 1.12 bits per heavy atom. The summed E-state index contributed by atoms with van der Waals surface area (Å²) in [6.07, 6.45) is 0. The van der Waals surface area contributed by atoms with Crippen molar-refractivity contribution >= 4 is 31.9 Å². The Hall–Kier alpha value is -0.870. The third kappa shape index (κ3) is 2.83. The second-order valence-corrected chi connectivity index (χ2v) is 5.04. The van der Waals surface area contributed by atoms with Gasteiger partial charge < -0.3 is 4.74 Å². The molecule has 0 atom stereocenters. The lowest BCUT2D eigenvalue weighted by Crippen LogP contribution is -1.90. The van der Waals surface area contributed by atoms with Gasteiger partial charge >= 0.3 is 0 Å². The van der Waals surface area contributed by atoms with Crippen molar-refractivity contribution in [2.24, 2.45) is 0 Å². The molecular weight excluding hydrogens is 334 g/mol. The highest BCUT2D eigenvalue weighted by Crippen LogP contribution is 2.27. The minimum absolute atomic E-state index is 0.579. The summed E-state index contributed by atoms with van der Waals surface area (Å²) in [7, 11) is 0. The molecular formula is C12H9Br2NO. The Bertz CT molecular complexity index is 514. The van der Waals surface area contributed by atoms with Gasteiger partial charge in [0, 0.05) is 10.5 Å². The third-order valence-corrected chi connectivity index (χ3v) is 2.99. The van der Waals surface area contributed by atoms with Gasteiger partial charge in [-0.3, -0.25) is 0 Å². The fourth-order valence-corrected chi connectivity index (χ4v) is 1.91. The molecule has 0 amide bonds. The number of aryl methyl sites for hydroxylation is 1. The number of nitrogens with zero attached hydrogens (tertiary/aromatic N) is 1. The second kappa shape index (κ2) is 4.97. The van der Waals surface area contributed by atoms with Crippen LogP contribution in [0.1, 0.15) is 5.56 Å². The normalized spacial score (nSPS) is 10.2. The molecule has 0 bridgehead atoms. The number of aromatic nitrogens is 1. The average molecular weight is 343 g/mol. The van der Waals surface area contributed by atoms with Gasteiger partial charge in [0.15, 0.2) is 0 Å². The maximum absolute atomic E-state index is 5.70. The predicted molar refractivity (Wildman–Crippen MR) is 70.9 cm³/mol. The lowest BCUT2D eigenvalue weighted by molar-refractivity contribution is 0.458. The van der Waals surface area contributed by atoms with Crippen molar-refractivity contribution in [3.63, 3.8) is 0 Å². The van der Waals surface area contributed by atoms with Crippen LogP contribution in [-0.2, 0) is 0 Å². The van der Waals surface area contributed by atoms with E-state index in [1.54, 1.807) is 0 Å². The van der Waals surface area contributed by atoms with E-state index in [9.17, 15) is 0 Å². The highest BCUT2D eigenvalue weighted by molar-refractivity contribution is 9.10. The Morgan fingerprint density at radius 2 is 1.94 bits per heavy atom. The third-order valence-electron chi connectivity index (χ3n) is 2.05. The van der Waals surface area contributed by atoms with Gasteiger partial charge in [0.1, 0.15) is 10.4 Å². The Kier molecular flexibility index (Phi) is 3.61. The molecule has 82 valence electrons. The molecule has 0 aliphatic heterocycles. The van der Waals surface area contributed by atoms with E-state index in [0.717, 1.165) is 20.4 Å². The topological polar surface area (TPSA) is 22.1 Å². The molecule has 0 unspecified atom stereocenters. The van der Waals surface area contributed by atoms with Crippen LogP contribution >= 0.6 is 31.9 Å². The molecule has 0 aliphatic carbocycles. The van der Waals surface area contributed by atoms with E-state index in [1.807, 2.05) is 43.3 Å². The first kappa shape index (κ1) is 11.6. The molecule has 2 rings (SSSR count). The molecule has 0 saturated carbocycles. The Morgan fingerprint density at radius 3 is 2.69 bits per heavy atom. The minimum atomic E-state index is 0.579. The zero-order valence-electron chi connectivity index (χ0n) is 8.58. The first-order valence-electron chi connectivity index (χ1n) is 4.72. The highest BCUT2D eigenvalue weighted by atomic mass is 79.9. The van der Waals surface area contributed by atoms with Crippen molar-refractivity contribution in [3.05, 3.63) is 51.0 Å². The fraction of sp³-hybridized carbons (Fsp3) is 0.0833. The Labute approximate surface area is 111 Å². The highest BCUT2D eigenvalue weighted by Gasteiger charge is 2.03. The molecule has 0 radical (unpaired) electrons. The number of hydrogen-bond donors (Lipinski definition) is 0. The van der Waals surface area contributed by atoms with Crippen LogP contribution in [0.15, 0.2) is 45.5 Å². The predicted octanol–water partition coefficient (Wildman–Crippen LogP) is 4.71.